The summed E-state index contributed by atoms with van der Waals surface area (Å²) in [5.74, 6) is 1.11. The van der Waals surface area contributed by atoms with Gasteiger partial charge in [-0.05, 0) is 24.5 Å². The molecule has 0 spiro atoms. The van der Waals surface area contributed by atoms with Crippen molar-refractivity contribution < 1.29 is 19.0 Å². The maximum atomic E-state index is 11.4. The van der Waals surface area contributed by atoms with Crippen LogP contribution in [0.15, 0.2) is 18.2 Å². The highest BCUT2D eigenvalue weighted by molar-refractivity contribution is 5.75. The Morgan fingerprint density at radius 2 is 2.25 bits per heavy atom. The maximum Gasteiger partial charge on any atom is 0.347 e. The Morgan fingerprint density at radius 1 is 1.44 bits per heavy atom. The average Bonchev–Trinajstić information content (AvgIpc) is 2.36. The molecule has 0 saturated carbocycles. The lowest BCUT2D eigenvalue weighted by Crippen LogP contribution is -2.32. The normalized spacial score (nSPS) is 18.2. The van der Waals surface area contributed by atoms with Crippen molar-refractivity contribution in [1.82, 2.24) is 0 Å². The minimum atomic E-state index is -0.496. The van der Waals surface area contributed by atoms with Gasteiger partial charge in [0.1, 0.15) is 11.5 Å². The Bertz CT molecular complexity index is 400. The van der Waals surface area contributed by atoms with E-state index in [0.29, 0.717) is 12.2 Å². The van der Waals surface area contributed by atoms with Gasteiger partial charge >= 0.3 is 5.97 Å². The van der Waals surface area contributed by atoms with E-state index in [1.165, 1.54) is 7.11 Å². The van der Waals surface area contributed by atoms with E-state index in [4.69, 9.17) is 9.47 Å². The van der Waals surface area contributed by atoms with Crippen LogP contribution in [0.3, 0.4) is 0 Å². The van der Waals surface area contributed by atoms with Crippen LogP contribution in [0.4, 0.5) is 0 Å². The van der Waals surface area contributed by atoms with Gasteiger partial charge < -0.3 is 14.2 Å². The molecule has 4 heteroatoms. The Hall–Kier alpha value is -1.71. The van der Waals surface area contributed by atoms with Crippen molar-refractivity contribution in [3.05, 3.63) is 23.8 Å². The molecule has 86 valence electrons. The third kappa shape index (κ3) is 1.96. The monoisotopic (exact) mass is 222 g/mol. The summed E-state index contributed by atoms with van der Waals surface area (Å²) in [6, 6.07) is 5.65. The second kappa shape index (κ2) is 4.43. The molecule has 16 heavy (non-hydrogen) atoms. The molecular formula is C12H14O4. The van der Waals surface area contributed by atoms with Gasteiger partial charge in [-0.3, -0.25) is 0 Å². The lowest BCUT2D eigenvalue weighted by atomic mass is 10.0. The van der Waals surface area contributed by atoms with E-state index in [9.17, 15) is 4.79 Å². The highest BCUT2D eigenvalue weighted by Gasteiger charge is 2.26. The predicted octanol–water partition coefficient (Wildman–Crippen LogP) is 1.56. The molecule has 1 aromatic rings. The fourth-order valence-electron chi connectivity index (χ4n) is 1.77. The van der Waals surface area contributed by atoms with Crippen molar-refractivity contribution in [2.75, 3.05) is 14.2 Å². The number of rotatable bonds is 2. The first-order valence-electron chi connectivity index (χ1n) is 5.16. The molecular weight excluding hydrogens is 208 g/mol. The largest absolute Gasteiger partial charge is 0.497 e. The van der Waals surface area contributed by atoms with Gasteiger partial charge in [-0.1, -0.05) is 6.07 Å². The minimum absolute atomic E-state index is 0.325. The topological polar surface area (TPSA) is 44.8 Å². The number of hydrogen-bond acceptors (Lipinski definition) is 4. The number of esters is 1. The maximum absolute atomic E-state index is 11.4. The molecule has 1 aromatic carbocycles. The molecule has 0 aliphatic carbocycles. The first-order chi connectivity index (χ1) is 7.74. The first-order valence-corrected chi connectivity index (χ1v) is 5.16. The zero-order valence-electron chi connectivity index (χ0n) is 9.36. The zero-order chi connectivity index (χ0) is 11.5. The fraction of sp³-hybridized carbons (Fsp3) is 0.417. The molecule has 0 fully saturated rings. The van der Waals surface area contributed by atoms with Crippen LogP contribution < -0.4 is 9.47 Å². The van der Waals surface area contributed by atoms with E-state index in [2.05, 4.69) is 4.74 Å². The molecule has 1 heterocycles. The Labute approximate surface area is 94.1 Å². The number of carbonyl (C=O) groups excluding carboxylic acids is 1. The third-order valence-electron chi connectivity index (χ3n) is 2.68. The minimum Gasteiger partial charge on any atom is -0.497 e. The molecule has 1 atom stereocenters. The van der Waals surface area contributed by atoms with Gasteiger partial charge in [-0.25, -0.2) is 4.79 Å². The van der Waals surface area contributed by atoms with Gasteiger partial charge in [0.05, 0.1) is 14.2 Å². The molecule has 0 radical (unpaired) electrons. The van der Waals surface area contributed by atoms with Crippen molar-refractivity contribution in [3.63, 3.8) is 0 Å². The van der Waals surface area contributed by atoms with Gasteiger partial charge in [-0.15, -0.1) is 0 Å². The molecule has 1 aliphatic heterocycles. The van der Waals surface area contributed by atoms with Crippen molar-refractivity contribution >= 4 is 5.97 Å². The van der Waals surface area contributed by atoms with E-state index in [0.717, 1.165) is 17.7 Å². The van der Waals surface area contributed by atoms with Crippen LogP contribution in [0, 0.1) is 0 Å². The van der Waals surface area contributed by atoms with Crippen molar-refractivity contribution in [1.29, 1.82) is 0 Å². The molecule has 2 rings (SSSR count). The van der Waals surface area contributed by atoms with Gasteiger partial charge in [0.25, 0.3) is 0 Å². The predicted molar refractivity (Wildman–Crippen MR) is 57.7 cm³/mol. The van der Waals surface area contributed by atoms with Gasteiger partial charge in [0, 0.05) is 6.07 Å². The fourth-order valence-corrected chi connectivity index (χ4v) is 1.77. The Balaban J connectivity index is 2.21. The summed E-state index contributed by atoms with van der Waals surface area (Å²) in [7, 11) is 2.97. The molecule has 1 aliphatic rings. The number of benzene rings is 1. The average molecular weight is 222 g/mol. The van der Waals surface area contributed by atoms with Crippen LogP contribution in [0.25, 0.3) is 0 Å². The second-order valence-corrected chi connectivity index (χ2v) is 3.64. The quantitative estimate of drug-likeness (QED) is 0.712. The SMILES string of the molecule is COC(=O)[C@H]1CCc2ccc(OC)cc2O1. The molecule has 0 bridgehead atoms. The standard InChI is InChI=1S/C12H14O4/c1-14-9-5-3-8-4-6-10(12(13)15-2)16-11(8)7-9/h3,5,7,10H,4,6H2,1-2H3/t10-/m1/s1. The number of ether oxygens (including phenoxy) is 3. The summed E-state index contributed by atoms with van der Waals surface area (Å²) in [6.07, 6.45) is 0.982. The van der Waals surface area contributed by atoms with E-state index in [1.54, 1.807) is 13.2 Å². The third-order valence-corrected chi connectivity index (χ3v) is 2.68. The molecule has 0 unspecified atom stereocenters. The number of methoxy groups -OCH3 is 2. The van der Waals surface area contributed by atoms with Crippen LogP contribution in [0.1, 0.15) is 12.0 Å². The second-order valence-electron chi connectivity index (χ2n) is 3.64. The molecule has 0 aromatic heterocycles. The number of aryl methyl sites for hydroxylation is 1. The Kier molecular flexibility index (Phi) is 2.99. The van der Waals surface area contributed by atoms with Crippen LogP contribution in [-0.4, -0.2) is 26.3 Å². The van der Waals surface area contributed by atoms with Crippen LogP contribution >= 0.6 is 0 Å². The first kappa shape index (κ1) is 10.8. The van der Waals surface area contributed by atoms with E-state index < -0.39 is 6.10 Å². The summed E-state index contributed by atoms with van der Waals surface area (Å²) in [4.78, 5) is 11.4. The lowest BCUT2D eigenvalue weighted by molar-refractivity contribution is -0.149. The van der Waals surface area contributed by atoms with E-state index >= 15 is 0 Å². The molecule has 0 saturated heterocycles. The highest BCUT2D eigenvalue weighted by atomic mass is 16.6. The van der Waals surface area contributed by atoms with E-state index in [1.807, 2.05) is 12.1 Å². The van der Waals surface area contributed by atoms with E-state index in [-0.39, 0.29) is 5.97 Å². The lowest BCUT2D eigenvalue weighted by Gasteiger charge is -2.24. The van der Waals surface area contributed by atoms with Crippen LogP contribution in [0.5, 0.6) is 11.5 Å². The number of fused-ring (bicyclic) bond motifs is 1. The smallest absolute Gasteiger partial charge is 0.347 e. The summed E-state index contributed by atoms with van der Waals surface area (Å²) >= 11 is 0. The summed E-state index contributed by atoms with van der Waals surface area (Å²) in [5, 5.41) is 0. The molecule has 0 N–H and O–H groups in total. The number of hydrogen-bond donors (Lipinski definition) is 0. The Morgan fingerprint density at radius 3 is 2.94 bits per heavy atom. The summed E-state index contributed by atoms with van der Waals surface area (Å²) in [5.41, 5.74) is 1.10. The number of carbonyl (C=O) groups is 1. The molecule has 4 nitrogen and oxygen atoms in total. The molecule has 0 amide bonds. The van der Waals surface area contributed by atoms with Gasteiger partial charge in [0.2, 0.25) is 0 Å². The summed E-state index contributed by atoms with van der Waals surface area (Å²) in [6.45, 7) is 0. The highest BCUT2D eigenvalue weighted by Crippen LogP contribution is 2.31. The summed E-state index contributed by atoms with van der Waals surface area (Å²) < 4.78 is 15.3. The van der Waals surface area contributed by atoms with Gasteiger partial charge in [-0.2, -0.15) is 0 Å². The van der Waals surface area contributed by atoms with Crippen molar-refractivity contribution in [3.8, 4) is 11.5 Å². The van der Waals surface area contributed by atoms with Crippen molar-refractivity contribution in [2.24, 2.45) is 0 Å². The van der Waals surface area contributed by atoms with Crippen LogP contribution in [0.2, 0.25) is 0 Å². The van der Waals surface area contributed by atoms with Crippen LogP contribution in [-0.2, 0) is 16.0 Å². The van der Waals surface area contributed by atoms with Gasteiger partial charge in [0.15, 0.2) is 6.10 Å². The zero-order valence-corrected chi connectivity index (χ0v) is 9.36. The van der Waals surface area contributed by atoms with Crippen molar-refractivity contribution in [2.45, 2.75) is 18.9 Å².